The lowest BCUT2D eigenvalue weighted by molar-refractivity contribution is -0.384. The highest BCUT2D eigenvalue weighted by Gasteiger charge is 2.41. The topological polar surface area (TPSA) is 123 Å². The summed E-state index contributed by atoms with van der Waals surface area (Å²) in [5.74, 6) is 0. The molecule has 1 aromatic heterocycles. The number of nitrogens with zero attached hydrogens (tertiary/aromatic N) is 3. The predicted octanol–water partition coefficient (Wildman–Crippen LogP) is 2.95. The molecule has 3 atom stereocenters. The average molecular weight is 445 g/mol. The number of nitro benzene ring substituents is 1. The molecule has 31 heavy (non-hydrogen) atoms. The molecule has 0 spiro atoms. The number of pyridine rings is 1. The van der Waals surface area contributed by atoms with Crippen LogP contribution in [0.4, 0.5) is 10.5 Å². The Morgan fingerprint density at radius 3 is 2.68 bits per heavy atom. The Hall–Kier alpha value is -2.98. The zero-order chi connectivity index (χ0) is 22.4. The molecule has 0 aliphatic carbocycles. The summed E-state index contributed by atoms with van der Waals surface area (Å²) in [6.45, 7) is 1.70. The summed E-state index contributed by atoms with van der Waals surface area (Å²) >= 11 is 1.15. The lowest BCUT2D eigenvalue weighted by Gasteiger charge is -2.27. The Labute approximate surface area is 183 Å². The third-order valence-corrected chi connectivity index (χ3v) is 5.98. The molecule has 0 bridgehead atoms. The number of aromatic nitrogens is 1. The molecule has 1 fully saturated rings. The first-order chi connectivity index (χ1) is 14.8. The monoisotopic (exact) mass is 445 g/mol. The molecule has 2 aromatic rings. The molecule has 1 unspecified atom stereocenters. The van der Waals surface area contributed by atoms with Crippen molar-refractivity contribution in [3.05, 3.63) is 70.0 Å². The van der Waals surface area contributed by atoms with Gasteiger partial charge in [-0.3, -0.25) is 19.9 Å². The van der Waals surface area contributed by atoms with Crippen LogP contribution in [0.1, 0.15) is 24.6 Å². The number of aliphatic hydroxyl groups is 1. The van der Waals surface area contributed by atoms with Crippen molar-refractivity contribution in [3.8, 4) is 0 Å². The largest absolute Gasteiger partial charge is 0.445 e. The predicted molar refractivity (Wildman–Crippen MR) is 114 cm³/mol. The van der Waals surface area contributed by atoms with E-state index >= 15 is 0 Å². The average Bonchev–Trinajstić information content (AvgIpc) is 3.16. The highest BCUT2D eigenvalue weighted by molar-refractivity contribution is 8.14. The molecule has 1 aliphatic heterocycles. The second-order valence-electron chi connectivity index (χ2n) is 7.26. The minimum atomic E-state index is -0.862. The van der Waals surface area contributed by atoms with Gasteiger partial charge in [0, 0.05) is 49.2 Å². The third-order valence-electron chi connectivity index (χ3n) is 4.97. The number of aliphatic hydroxyl groups excluding tert-OH is 1. The van der Waals surface area contributed by atoms with Gasteiger partial charge in [-0.15, -0.1) is 0 Å². The van der Waals surface area contributed by atoms with Crippen LogP contribution in [0, 0.1) is 10.1 Å². The van der Waals surface area contributed by atoms with Gasteiger partial charge in [0.1, 0.15) is 6.61 Å². The molecule has 1 aromatic carbocycles. The van der Waals surface area contributed by atoms with E-state index in [2.05, 4.69) is 4.98 Å². The standard InChI is InChI=1S/C21H23N3O6S/c1-14(25)31-18-11-19(20(26)10-16-4-2-3-9-22-16)23(12-18)21(27)30-13-15-5-7-17(8-6-15)24(28)29/h2-9,18-20,26H,10-13H2,1H3/t18-,19-,20?/m0/s1. The molecule has 1 amide bonds. The number of non-ortho nitro benzene ring substituents is 1. The van der Waals surface area contributed by atoms with Gasteiger partial charge in [-0.25, -0.2) is 4.79 Å². The van der Waals surface area contributed by atoms with Gasteiger partial charge < -0.3 is 14.7 Å². The fraction of sp³-hybridized carbons (Fsp3) is 0.381. The summed E-state index contributed by atoms with van der Waals surface area (Å²) in [6.07, 6.45) is 0.913. The number of ether oxygens (including phenoxy) is 1. The maximum atomic E-state index is 12.8. The van der Waals surface area contributed by atoms with E-state index in [9.17, 15) is 24.8 Å². The van der Waals surface area contributed by atoms with E-state index in [4.69, 9.17) is 4.74 Å². The third kappa shape index (κ3) is 6.25. The number of amides is 1. The lowest BCUT2D eigenvalue weighted by Crippen LogP contribution is -2.44. The Kier molecular flexibility index (Phi) is 7.59. The highest BCUT2D eigenvalue weighted by Crippen LogP contribution is 2.31. The summed E-state index contributed by atoms with van der Waals surface area (Å²) in [5, 5.41) is 21.4. The molecule has 1 N–H and O–H groups in total. The van der Waals surface area contributed by atoms with Crippen LogP contribution in [0.25, 0.3) is 0 Å². The number of rotatable bonds is 7. The molecule has 1 aliphatic rings. The van der Waals surface area contributed by atoms with E-state index in [1.165, 1.54) is 36.1 Å². The summed E-state index contributed by atoms with van der Waals surface area (Å²) in [5.41, 5.74) is 1.27. The zero-order valence-electron chi connectivity index (χ0n) is 16.9. The highest BCUT2D eigenvalue weighted by atomic mass is 32.2. The van der Waals surface area contributed by atoms with Crippen LogP contribution in [-0.2, 0) is 22.6 Å². The summed E-state index contributed by atoms with van der Waals surface area (Å²) in [4.78, 5) is 40.2. The van der Waals surface area contributed by atoms with Crippen molar-refractivity contribution in [1.29, 1.82) is 0 Å². The maximum absolute atomic E-state index is 12.8. The van der Waals surface area contributed by atoms with Crippen molar-refractivity contribution in [2.75, 3.05) is 6.54 Å². The van der Waals surface area contributed by atoms with E-state index < -0.39 is 23.2 Å². The summed E-state index contributed by atoms with van der Waals surface area (Å²) in [7, 11) is 0. The number of hydrogen-bond acceptors (Lipinski definition) is 8. The van der Waals surface area contributed by atoms with Gasteiger partial charge in [-0.2, -0.15) is 0 Å². The fourth-order valence-electron chi connectivity index (χ4n) is 3.53. The molecule has 2 heterocycles. The van der Waals surface area contributed by atoms with Crippen molar-refractivity contribution in [1.82, 2.24) is 9.88 Å². The molecular formula is C21H23N3O6S. The molecule has 9 nitrogen and oxygen atoms in total. The molecule has 0 radical (unpaired) electrons. The van der Waals surface area contributed by atoms with Crippen molar-refractivity contribution in [2.45, 2.75) is 43.8 Å². The van der Waals surface area contributed by atoms with Gasteiger partial charge in [0.2, 0.25) is 0 Å². The van der Waals surface area contributed by atoms with Gasteiger partial charge in [0.05, 0.1) is 17.1 Å². The molecule has 3 rings (SSSR count). The van der Waals surface area contributed by atoms with Crippen LogP contribution in [0.2, 0.25) is 0 Å². The normalized spacial score (nSPS) is 19.1. The quantitative estimate of drug-likeness (QED) is 0.510. The fourth-order valence-corrected chi connectivity index (χ4v) is 4.53. The van der Waals surface area contributed by atoms with E-state index in [0.29, 0.717) is 17.7 Å². The first kappa shape index (κ1) is 22.7. The maximum Gasteiger partial charge on any atom is 0.410 e. The minimum Gasteiger partial charge on any atom is -0.445 e. The molecular weight excluding hydrogens is 422 g/mol. The number of likely N-dealkylation sites (tertiary alicyclic amines) is 1. The van der Waals surface area contributed by atoms with Crippen LogP contribution in [-0.4, -0.2) is 55.1 Å². The van der Waals surface area contributed by atoms with E-state index in [0.717, 1.165) is 11.8 Å². The van der Waals surface area contributed by atoms with Crippen LogP contribution in [0.15, 0.2) is 48.7 Å². The van der Waals surface area contributed by atoms with E-state index in [1.807, 2.05) is 6.07 Å². The zero-order valence-corrected chi connectivity index (χ0v) is 17.7. The van der Waals surface area contributed by atoms with Gasteiger partial charge >= 0.3 is 6.09 Å². The molecule has 0 saturated carbocycles. The van der Waals surface area contributed by atoms with Gasteiger partial charge in [0.15, 0.2) is 5.12 Å². The van der Waals surface area contributed by atoms with E-state index in [-0.39, 0.29) is 35.6 Å². The van der Waals surface area contributed by atoms with Crippen LogP contribution >= 0.6 is 11.8 Å². The Balaban J connectivity index is 1.66. The van der Waals surface area contributed by atoms with E-state index in [1.54, 1.807) is 18.3 Å². The molecule has 1 saturated heterocycles. The van der Waals surface area contributed by atoms with Crippen LogP contribution in [0.3, 0.4) is 0 Å². The van der Waals surface area contributed by atoms with Crippen molar-refractivity contribution >= 4 is 28.7 Å². The number of carbonyl (C=O) groups is 2. The SMILES string of the molecule is CC(=O)S[C@H]1C[C@@H](C(O)Cc2ccccn2)N(C(=O)OCc2ccc([N+](=O)[O-])cc2)C1. The first-order valence-electron chi connectivity index (χ1n) is 9.75. The van der Waals surface area contributed by atoms with Crippen molar-refractivity contribution in [2.24, 2.45) is 0 Å². The smallest absolute Gasteiger partial charge is 0.410 e. The van der Waals surface area contributed by atoms with Gasteiger partial charge in [0.25, 0.3) is 5.69 Å². The van der Waals surface area contributed by atoms with Gasteiger partial charge in [-0.05, 0) is 36.2 Å². The second kappa shape index (κ2) is 10.4. The Morgan fingerprint density at radius 2 is 2.06 bits per heavy atom. The van der Waals surface area contributed by atoms with Crippen molar-refractivity contribution in [3.63, 3.8) is 0 Å². The number of carbonyl (C=O) groups excluding carboxylic acids is 2. The van der Waals surface area contributed by atoms with Crippen LogP contribution in [0.5, 0.6) is 0 Å². The molecule has 164 valence electrons. The number of benzene rings is 1. The number of hydrogen-bond donors (Lipinski definition) is 1. The first-order valence-corrected chi connectivity index (χ1v) is 10.6. The number of thioether (sulfide) groups is 1. The Bertz CT molecular complexity index is 924. The lowest BCUT2D eigenvalue weighted by atomic mass is 10.0. The van der Waals surface area contributed by atoms with Crippen molar-refractivity contribution < 1.29 is 24.4 Å². The molecule has 10 heteroatoms. The number of nitro groups is 1. The van der Waals surface area contributed by atoms with Crippen LogP contribution < -0.4 is 0 Å². The second-order valence-corrected chi connectivity index (χ2v) is 8.73. The summed E-state index contributed by atoms with van der Waals surface area (Å²) in [6, 6.07) is 10.6. The Morgan fingerprint density at radius 1 is 1.32 bits per heavy atom. The summed E-state index contributed by atoms with van der Waals surface area (Å²) < 4.78 is 5.39. The minimum absolute atomic E-state index is 0.0450. The van der Waals surface area contributed by atoms with Gasteiger partial charge in [-0.1, -0.05) is 17.8 Å².